The predicted molar refractivity (Wildman–Crippen MR) is 113 cm³/mol. The summed E-state index contributed by atoms with van der Waals surface area (Å²) in [5.74, 6) is 0. The summed E-state index contributed by atoms with van der Waals surface area (Å²) in [5, 5.41) is 0. The Morgan fingerprint density at radius 1 is 1.04 bits per heavy atom. The van der Waals surface area contributed by atoms with Crippen LogP contribution >= 0.6 is 7.52 Å². The molecule has 0 bridgehead atoms. The molecule has 0 amide bonds. The van der Waals surface area contributed by atoms with Crippen molar-refractivity contribution >= 4 is 7.52 Å². The van der Waals surface area contributed by atoms with Crippen LogP contribution in [0.25, 0.3) is 0 Å². The molecule has 146 valence electrons. The van der Waals surface area contributed by atoms with Gasteiger partial charge in [0, 0.05) is 12.1 Å². The molecule has 0 spiro atoms. The van der Waals surface area contributed by atoms with Gasteiger partial charge < -0.3 is 4.52 Å². The van der Waals surface area contributed by atoms with Crippen molar-refractivity contribution in [2.75, 3.05) is 6.54 Å². The fraction of sp³-hybridized carbons (Fsp3) is 0.478. The summed E-state index contributed by atoms with van der Waals surface area (Å²) in [4.78, 5) is 0. The van der Waals surface area contributed by atoms with Gasteiger partial charge in [-0.25, -0.2) is 4.67 Å². The lowest BCUT2D eigenvalue weighted by Crippen LogP contribution is -2.48. The zero-order chi connectivity index (χ0) is 19.7. The van der Waals surface area contributed by atoms with Crippen LogP contribution in [-0.2, 0) is 15.5 Å². The van der Waals surface area contributed by atoms with Crippen molar-refractivity contribution in [3.8, 4) is 0 Å². The third-order valence-electron chi connectivity index (χ3n) is 5.26. The molecular formula is C23H32NO2P. The Hall–Kier alpha value is -1.41. The Kier molecular flexibility index (Phi) is 5.68. The Bertz CT molecular complexity index is 796. The Labute approximate surface area is 164 Å². The maximum absolute atomic E-state index is 14.6. The Morgan fingerprint density at radius 2 is 1.59 bits per heavy atom. The second-order valence-corrected chi connectivity index (χ2v) is 11.5. The van der Waals surface area contributed by atoms with Crippen molar-refractivity contribution in [1.29, 1.82) is 0 Å². The number of hydrogen-bond donors (Lipinski definition) is 0. The first-order chi connectivity index (χ1) is 12.6. The van der Waals surface area contributed by atoms with E-state index in [0.717, 1.165) is 18.5 Å². The molecule has 1 aliphatic heterocycles. The summed E-state index contributed by atoms with van der Waals surface area (Å²) >= 11 is 0. The smallest absolute Gasteiger partial charge is 0.281 e. The molecule has 4 heteroatoms. The molecule has 3 rings (SSSR count). The summed E-state index contributed by atoms with van der Waals surface area (Å²) in [5.41, 5.74) is 1.45. The molecule has 1 aliphatic rings. The van der Waals surface area contributed by atoms with Crippen LogP contribution in [0.4, 0.5) is 0 Å². The maximum atomic E-state index is 14.6. The maximum Gasteiger partial charge on any atom is 0.281 e. The second kappa shape index (κ2) is 7.54. The molecule has 0 aliphatic carbocycles. The first-order valence-electron chi connectivity index (χ1n) is 9.79. The van der Waals surface area contributed by atoms with Crippen LogP contribution in [0.5, 0.6) is 0 Å². The molecule has 27 heavy (non-hydrogen) atoms. The molecule has 1 fully saturated rings. The number of hydrogen-bond acceptors (Lipinski definition) is 2. The van der Waals surface area contributed by atoms with Gasteiger partial charge in [0.2, 0.25) is 0 Å². The molecule has 1 saturated heterocycles. The van der Waals surface area contributed by atoms with Crippen molar-refractivity contribution in [3.63, 3.8) is 0 Å². The minimum absolute atomic E-state index is 0.195. The van der Waals surface area contributed by atoms with Gasteiger partial charge in [-0.05, 0) is 58.6 Å². The summed E-state index contributed by atoms with van der Waals surface area (Å²) < 4.78 is 23.2. The third kappa shape index (κ3) is 4.54. The third-order valence-corrected chi connectivity index (χ3v) is 8.76. The fourth-order valence-electron chi connectivity index (χ4n) is 3.88. The normalized spacial score (nSPS) is 24.5. The summed E-state index contributed by atoms with van der Waals surface area (Å²) in [6.07, 6.45) is 1.58. The van der Waals surface area contributed by atoms with Crippen molar-refractivity contribution < 1.29 is 9.09 Å². The zero-order valence-electron chi connectivity index (χ0n) is 17.2. The van der Waals surface area contributed by atoms with Crippen molar-refractivity contribution in [2.24, 2.45) is 0 Å². The standard InChI is InChI=1S/C23H32NO2P/c1-22(2,3)24-17-16-23(4,5)26-27(24,25)21(20-14-10-7-11-15-20)18-19-12-8-6-9-13-19/h6-15,21H,16-18H2,1-5H3. The van der Waals surface area contributed by atoms with E-state index in [1.54, 1.807) is 0 Å². The molecule has 0 radical (unpaired) electrons. The highest BCUT2D eigenvalue weighted by Crippen LogP contribution is 2.69. The largest absolute Gasteiger partial charge is 0.311 e. The van der Waals surface area contributed by atoms with Gasteiger partial charge in [0.05, 0.1) is 11.3 Å². The summed E-state index contributed by atoms with van der Waals surface area (Å²) in [7, 11) is -3.13. The lowest BCUT2D eigenvalue weighted by Gasteiger charge is -2.51. The number of benzene rings is 2. The van der Waals surface area contributed by atoms with Gasteiger partial charge in [-0.15, -0.1) is 0 Å². The monoisotopic (exact) mass is 385 g/mol. The van der Waals surface area contributed by atoms with Gasteiger partial charge in [-0.2, -0.15) is 0 Å². The number of rotatable bonds is 4. The van der Waals surface area contributed by atoms with Crippen LogP contribution in [0.2, 0.25) is 0 Å². The molecular weight excluding hydrogens is 353 g/mol. The average Bonchev–Trinajstić information content (AvgIpc) is 2.59. The molecule has 1 heterocycles. The molecule has 2 aromatic carbocycles. The average molecular weight is 385 g/mol. The van der Waals surface area contributed by atoms with Gasteiger partial charge >= 0.3 is 0 Å². The molecule has 2 unspecified atom stereocenters. The van der Waals surface area contributed by atoms with Gasteiger partial charge in [0.25, 0.3) is 7.52 Å². The minimum atomic E-state index is -3.13. The van der Waals surface area contributed by atoms with E-state index in [1.165, 1.54) is 5.56 Å². The van der Waals surface area contributed by atoms with Crippen LogP contribution in [0.1, 0.15) is 57.8 Å². The SMILES string of the molecule is CC1(C)CCN(C(C)(C)C)P(=O)(C(Cc2ccccc2)c2ccccc2)O1. The van der Waals surface area contributed by atoms with E-state index in [4.69, 9.17) is 4.52 Å². The molecule has 0 saturated carbocycles. The van der Waals surface area contributed by atoms with Crippen molar-refractivity contribution in [3.05, 3.63) is 71.8 Å². The molecule has 3 nitrogen and oxygen atoms in total. The topological polar surface area (TPSA) is 29.5 Å². The Morgan fingerprint density at radius 3 is 2.15 bits per heavy atom. The highest BCUT2D eigenvalue weighted by atomic mass is 31.2. The van der Waals surface area contributed by atoms with E-state index >= 15 is 0 Å². The lowest BCUT2D eigenvalue weighted by molar-refractivity contribution is 0.0279. The predicted octanol–water partition coefficient (Wildman–Crippen LogP) is 6.46. The van der Waals surface area contributed by atoms with Gasteiger partial charge in [0.1, 0.15) is 0 Å². The van der Waals surface area contributed by atoms with Crippen molar-refractivity contribution in [1.82, 2.24) is 4.67 Å². The molecule has 0 N–H and O–H groups in total. The highest BCUT2D eigenvalue weighted by Gasteiger charge is 2.51. The summed E-state index contributed by atoms with van der Waals surface area (Å²) in [6.45, 7) is 11.3. The summed E-state index contributed by atoms with van der Waals surface area (Å²) in [6, 6.07) is 20.5. The van der Waals surface area contributed by atoms with Crippen molar-refractivity contribution in [2.45, 2.75) is 64.3 Å². The lowest BCUT2D eigenvalue weighted by atomic mass is 10.0. The zero-order valence-corrected chi connectivity index (χ0v) is 18.1. The van der Waals surface area contributed by atoms with E-state index in [2.05, 4.69) is 63.6 Å². The molecule has 2 aromatic rings. The van der Waals surface area contributed by atoms with E-state index in [0.29, 0.717) is 6.42 Å². The van der Waals surface area contributed by atoms with Gasteiger partial charge in [-0.1, -0.05) is 60.7 Å². The first kappa shape index (κ1) is 20.3. The fourth-order valence-corrected chi connectivity index (χ4v) is 7.45. The molecule has 0 aromatic heterocycles. The first-order valence-corrected chi connectivity index (χ1v) is 11.4. The van der Waals surface area contributed by atoms with Crippen LogP contribution < -0.4 is 0 Å². The van der Waals surface area contributed by atoms with E-state index < -0.39 is 7.52 Å². The highest BCUT2D eigenvalue weighted by molar-refractivity contribution is 7.57. The van der Waals surface area contributed by atoms with Crippen LogP contribution in [0, 0.1) is 0 Å². The number of nitrogens with zero attached hydrogens (tertiary/aromatic N) is 1. The van der Waals surface area contributed by atoms with E-state index in [-0.39, 0.29) is 16.8 Å². The van der Waals surface area contributed by atoms with Crippen LogP contribution in [0.3, 0.4) is 0 Å². The van der Waals surface area contributed by atoms with Gasteiger partial charge in [0.15, 0.2) is 0 Å². The van der Waals surface area contributed by atoms with Gasteiger partial charge in [-0.3, -0.25) is 4.57 Å². The van der Waals surface area contributed by atoms with Crippen LogP contribution in [-0.4, -0.2) is 22.4 Å². The van der Waals surface area contributed by atoms with Crippen LogP contribution in [0.15, 0.2) is 60.7 Å². The van der Waals surface area contributed by atoms with E-state index in [1.807, 2.05) is 36.4 Å². The quantitative estimate of drug-likeness (QED) is 0.565. The Balaban J connectivity index is 2.10. The second-order valence-electron chi connectivity index (χ2n) is 9.08. The van der Waals surface area contributed by atoms with E-state index in [9.17, 15) is 4.57 Å². The minimum Gasteiger partial charge on any atom is -0.311 e. The molecule has 2 atom stereocenters.